The van der Waals surface area contributed by atoms with Crippen LogP contribution in [0, 0.1) is 13.8 Å². The van der Waals surface area contributed by atoms with Gasteiger partial charge in [-0.2, -0.15) is 4.98 Å². The summed E-state index contributed by atoms with van der Waals surface area (Å²) in [5.41, 5.74) is 3.27. The lowest BCUT2D eigenvalue weighted by molar-refractivity contribution is -0.922. The average Bonchev–Trinajstić information content (AvgIpc) is 3.03. The highest BCUT2D eigenvalue weighted by atomic mass is 32.1. The number of nitrogens with zero attached hydrogens (tertiary/aromatic N) is 2. The molecule has 0 bridgehead atoms. The summed E-state index contributed by atoms with van der Waals surface area (Å²) >= 11 is 1.70. The highest BCUT2D eigenvalue weighted by Gasteiger charge is 2.24. The molecule has 0 unspecified atom stereocenters. The van der Waals surface area contributed by atoms with Crippen molar-refractivity contribution in [3.05, 3.63) is 45.6 Å². The lowest BCUT2D eigenvalue weighted by Crippen LogP contribution is -3.12. The fourth-order valence-corrected chi connectivity index (χ4v) is 5.50. The van der Waals surface area contributed by atoms with Crippen molar-refractivity contribution >= 4 is 21.6 Å². The van der Waals surface area contributed by atoms with E-state index in [0.717, 1.165) is 85.0 Å². The average molecular weight is 427 g/mol. The molecule has 2 aromatic heterocycles. The molecule has 5 rings (SSSR count). The summed E-state index contributed by atoms with van der Waals surface area (Å²) in [5, 5.41) is 11.4. The van der Waals surface area contributed by atoms with Gasteiger partial charge in [0.2, 0.25) is 5.88 Å². The van der Waals surface area contributed by atoms with Gasteiger partial charge in [-0.15, -0.1) is 11.3 Å². The van der Waals surface area contributed by atoms with Gasteiger partial charge in [0.15, 0.2) is 5.82 Å². The first-order valence-electron chi connectivity index (χ1n) is 10.8. The van der Waals surface area contributed by atoms with E-state index < -0.39 is 6.10 Å². The fraction of sp³-hybridized carbons (Fsp3) is 0.478. The van der Waals surface area contributed by atoms with Crippen LogP contribution in [0.15, 0.2) is 18.2 Å². The van der Waals surface area contributed by atoms with Crippen molar-refractivity contribution in [2.24, 2.45) is 0 Å². The highest BCUT2D eigenvalue weighted by Crippen LogP contribution is 2.40. The second kappa shape index (κ2) is 8.23. The first-order chi connectivity index (χ1) is 14.6. The number of aromatic nitrogens is 2. The Morgan fingerprint density at radius 1 is 1.23 bits per heavy atom. The first-order valence-corrected chi connectivity index (χ1v) is 11.6. The Balaban J connectivity index is 1.55. The van der Waals surface area contributed by atoms with Gasteiger partial charge in [0.05, 0.1) is 24.7 Å². The van der Waals surface area contributed by atoms with Crippen LogP contribution in [0.3, 0.4) is 0 Å². The van der Waals surface area contributed by atoms with Crippen molar-refractivity contribution in [2.75, 3.05) is 26.3 Å². The molecule has 3 heterocycles. The quantitative estimate of drug-likeness (QED) is 0.671. The van der Waals surface area contributed by atoms with Gasteiger partial charge in [-0.05, 0) is 50.3 Å². The predicted octanol–water partition coefficient (Wildman–Crippen LogP) is 2.89. The van der Waals surface area contributed by atoms with Crippen molar-refractivity contribution in [1.82, 2.24) is 9.97 Å². The molecule has 0 radical (unpaired) electrons. The molecule has 1 fully saturated rings. The smallest absolute Gasteiger partial charge is 0.231 e. The molecule has 1 aromatic carbocycles. The Hall–Kier alpha value is -2.06. The predicted molar refractivity (Wildman–Crippen MR) is 117 cm³/mol. The van der Waals surface area contributed by atoms with Gasteiger partial charge in [0.1, 0.15) is 30.2 Å². The summed E-state index contributed by atoms with van der Waals surface area (Å²) in [6.45, 7) is 8.54. The normalized spacial score (nSPS) is 19.8. The summed E-state index contributed by atoms with van der Waals surface area (Å²) in [6.07, 6.45) is 2.29. The van der Waals surface area contributed by atoms with Crippen molar-refractivity contribution in [3.63, 3.8) is 0 Å². The molecule has 2 N–H and O–H groups in total. The van der Waals surface area contributed by atoms with Crippen LogP contribution in [0.1, 0.15) is 46.3 Å². The minimum absolute atomic E-state index is 0.409. The van der Waals surface area contributed by atoms with Crippen molar-refractivity contribution in [2.45, 2.75) is 45.8 Å². The Morgan fingerprint density at radius 2 is 2.07 bits per heavy atom. The SMILES string of the molecule is Cc1sc2nc(C[NH+]3CCOCC3)nc(Oc3cccc4c3CCC[C@H]4O)c2c1C. The van der Waals surface area contributed by atoms with Crippen LogP contribution in [0.25, 0.3) is 10.2 Å². The number of rotatable bonds is 4. The molecule has 0 saturated carbocycles. The Bertz CT molecular complexity index is 1080. The Labute approximate surface area is 180 Å². The molecule has 0 amide bonds. The van der Waals surface area contributed by atoms with Crippen LogP contribution in [-0.2, 0) is 17.7 Å². The minimum Gasteiger partial charge on any atom is -0.438 e. The molecule has 0 spiro atoms. The number of aliphatic hydroxyl groups is 1. The molecule has 2 aliphatic rings. The molecular formula is C23H28N3O3S+. The molecule has 6 nitrogen and oxygen atoms in total. The number of aryl methyl sites for hydroxylation is 2. The molecule has 158 valence electrons. The zero-order chi connectivity index (χ0) is 20.7. The van der Waals surface area contributed by atoms with Crippen LogP contribution >= 0.6 is 11.3 Å². The third-order valence-electron chi connectivity index (χ3n) is 6.29. The summed E-state index contributed by atoms with van der Waals surface area (Å²) in [6, 6.07) is 5.96. The zero-order valence-electron chi connectivity index (χ0n) is 17.5. The zero-order valence-corrected chi connectivity index (χ0v) is 18.3. The maximum atomic E-state index is 10.4. The summed E-state index contributed by atoms with van der Waals surface area (Å²) in [4.78, 5) is 13.4. The van der Waals surface area contributed by atoms with E-state index in [1.807, 2.05) is 18.2 Å². The van der Waals surface area contributed by atoms with Gasteiger partial charge in [0.25, 0.3) is 0 Å². The molecule has 3 aromatic rings. The van der Waals surface area contributed by atoms with Gasteiger partial charge < -0.3 is 19.5 Å². The number of ether oxygens (including phenoxy) is 2. The maximum Gasteiger partial charge on any atom is 0.231 e. The number of aliphatic hydroxyl groups excluding tert-OH is 1. The van der Waals surface area contributed by atoms with Gasteiger partial charge in [-0.25, -0.2) is 4.98 Å². The van der Waals surface area contributed by atoms with Crippen molar-refractivity contribution < 1.29 is 19.5 Å². The van der Waals surface area contributed by atoms with E-state index in [4.69, 9.17) is 19.4 Å². The molecule has 1 aliphatic heterocycles. The number of quaternary nitrogens is 1. The van der Waals surface area contributed by atoms with Gasteiger partial charge in [-0.1, -0.05) is 12.1 Å². The van der Waals surface area contributed by atoms with Crippen LogP contribution in [0.4, 0.5) is 0 Å². The van der Waals surface area contributed by atoms with Crippen LogP contribution in [-0.4, -0.2) is 41.4 Å². The largest absolute Gasteiger partial charge is 0.438 e. The number of morpholine rings is 1. The lowest BCUT2D eigenvalue weighted by atomic mass is 9.89. The summed E-state index contributed by atoms with van der Waals surface area (Å²) in [5.74, 6) is 2.26. The number of hydrogen-bond donors (Lipinski definition) is 2. The monoisotopic (exact) mass is 426 g/mol. The molecule has 30 heavy (non-hydrogen) atoms. The molecule has 1 atom stereocenters. The third-order valence-corrected chi connectivity index (χ3v) is 7.39. The first kappa shape index (κ1) is 19.9. The second-order valence-corrected chi connectivity index (χ2v) is 9.48. The standard InChI is InChI=1S/C23H27N3O3S/c1-14-15(2)30-23-21(14)22(24-20(25-23)13-26-9-11-28-12-10-26)29-19-8-4-5-16-17(19)6-3-7-18(16)27/h4-5,8,18,27H,3,6-7,9-13H2,1-2H3/p+1/t18-/m1/s1. The lowest BCUT2D eigenvalue weighted by Gasteiger charge is -2.24. The molecule has 1 saturated heterocycles. The molecule has 7 heteroatoms. The molecular weight excluding hydrogens is 398 g/mol. The number of nitrogens with one attached hydrogen (secondary N) is 1. The van der Waals surface area contributed by atoms with Crippen LogP contribution < -0.4 is 9.64 Å². The summed E-state index contributed by atoms with van der Waals surface area (Å²) in [7, 11) is 0. The van der Waals surface area contributed by atoms with Gasteiger partial charge in [-0.3, -0.25) is 0 Å². The van der Waals surface area contributed by atoms with Crippen LogP contribution in [0.2, 0.25) is 0 Å². The van der Waals surface area contributed by atoms with E-state index in [9.17, 15) is 5.11 Å². The number of hydrogen-bond acceptors (Lipinski definition) is 6. The topological polar surface area (TPSA) is 68.9 Å². The van der Waals surface area contributed by atoms with Crippen molar-refractivity contribution in [1.29, 1.82) is 0 Å². The third kappa shape index (κ3) is 3.71. The number of fused-ring (bicyclic) bond motifs is 2. The maximum absolute atomic E-state index is 10.4. The van der Waals surface area contributed by atoms with E-state index in [2.05, 4.69) is 13.8 Å². The number of benzene rings is 1. The van der Waals surface area contributed by atoms with E-state index in [1.165, 1.54) is 15.3 Å². The van der Waals surface area contributed by atoms with E-state index in [0.29, 0.717) is 5.88 Å². The Kier molecular flexibility index (Phi) is 5.45. The van der Waals surface area contributed by atoms with E-state index in [-0.39, 0.29) is 0 Å². The second-order valence-electron chi connectivity index (χ2n) is 8.28. The van der Waals surface area contributed by atoms with E-state index >= 15 is 0 Å². The van der Waals surface area contributed by atoms with Crippen LogP contribution in [0.5, 0.6) is 11.6 Å². The minimum atomic E-state index is -0.409. The van der Waals surface area contributed by atoms with Gasteiger partial charge >= 0.3 is 0 Å². The number of thiophene rings is 1. The Morgan fingerprint density at radius 3 is 2.90 bits per heavy atom. The van der Waals surface area contributed by atoms with Crippen molar-refractivity contribution in [3.8, 4) is 11.6 Å². The van der Waals surface area contributed by atoms with E-state index in [1.54, 1.807) is 11.3 Å². The van der Waals surface area contributed by atoms with Gasteiger partial charge in [0, 0.05) is 10.4 Å². The highest BCUT2D eigenvalue weighted by molar-refractivity contribution is 7.18. The fourth-order valence-electron chi connectivity index (χ4n) is 4.46. The molecule has 1 aliphatic carbocycles. The summed E-state index contributed by atoms with van der Waals surface area (Å²) < 4.78 is 12.0.